The van der Waals surface area contributed by atoms with Crippen molar-refractivity contribution < 1.29 is 23.5 Å². The smallest absolute Gasteiger partial charge is 0.351 e. The number of urea groups is 1. The molecule has 3 rings (SSSR count). The second kappa shape index (κ2) is 9.26. The highest BCUT2D eigenvalue weighted by atomic mass is 35.5. The molecule has 0 spiro atoms. The van der Waals surface area contributed by atoms with Gasteiger partial charge in [-0.1, -0.05) is 29.8 Å². The highest BCUT2D eigenvalue weighted by Gasteiger charge is 2.33. The van der Waals surface area contributed by atoms with Crippen LogP contribution < -0.4 is 9.47 Å². The fourth-order valence-corrected chi connectivity index (χ4v) is 3.33. The summed E-state index contributed by atoms with van der Waals surface area (Å²) in [5.41, 5.74) is 0.951. The zero-order valence-corrected chi connectivity index (χ0v) is 17.7. The van der Waals surface area contributed by atoms with Gasteiger partial charge in [-0.2, -0.15) is 4.99 Å². The Morgan fingerprint density at radius 3 is 2.60 bits per heavy atom. The molecule has 3 amide bonds. The van der Waals surface area contributed by atoms with E-state index in [0.29, 0.717) is 28.7 Å². The zero-order chi connectivity index (χ0) is 21.8. The number of imide groups is 1. The number of ether oxygens (including phenoxy) is 2. The Balaban J connectivity index is 1.81. The molecule has 0 radical (unpaired) electrons. The van der Waals surface area contributed by atoms with Crippen LogP contribution in [0.4, 0.5) is 9.18 Å². The predicted molar refractivity (Wildman–Crippen MR) is 112 cm³/mol. The number of halogens is 2. The van der Waals surface area contributed by atoms with Gasteiger partial charge < -0.3 is 9.47 Å². The van der Waals surface area contributed by atoms with E-state index in [0.717, 1.165) is 4.90 Å². The molecule has 6 nitrogen and oxygen atoms in total. The first-order valence-corrected chi connectivity index (χ1v) is 9.96. The lowest BCUT2D eigenvalue weighted by Gasteiger charge is -2.17. The van der Waals surface area contributed by atoms with E-state index < -0.39 is 17.8 Å². The molecule has 2 aromatic carbocycles. The molecule has 30 heavy (non-hydrogen) atoms. The van der Waals surface area contributed by atoms with Crippen molar-refractivity contribution in [2.45, 2.75) is 39.8 Å². The molecule has 1 aliphatic heterocycles. The third-order valence-corrected chi connectivity index (χ3v) is 4.61. The number of aliphatic imine (C=N–C) groups is 1. The van der Waals surface area contributed by atoms with Crippen LogP contribution >= 0.6 is 11.6 Å². The number of benzene rings is 2. The number of carbonyl (C=O) groups is 2. The zero-order valence-electron chi connectivity index (χ0n) is 16.9. The standard InChI is InChI=1S/C22H22ClFN2O4/c1-4-29-19-11-14(9-16(23)20(19)30-13(2)3)10-18-21(27)26(22(28)25-18)12-15-7-5-6-8-17(15)24/h5-9,11,13H,4,10,12H2,1-3H3. The Hall–Kier alpha value is -2.93. The van der Waals surface area contributed by atoms with Gasteiger partial charge in [-0.15, -0.1) is 0 Å². The van der Waals surface area contributed by atoms with Crippen molar-refractivity contribution in [3.63, 3.8) is 0 Å². The number of hydrogen-bond donors (Lipinski definition) is 0. The number of nitrogens with zero attached hydrogens (tertiary/aromatic N) is 2. The van der Waals surface area contributed by atoms with E-state index in [1.807, 2.05) is 20.8 Å². The van der Waals surface area contributed by atoms with Crippen LogP contribution in [0.25, 0.3) is 0 Å². The van der Waals surface area contributed by atoms with E-state index in [1.165, 1.54) is 12.1 Å². The Morgan fingerprint density at radius 2 is 1.93 bits per heavy atom. The SMILES string of the molecule is CCOc1cc(CC2=NC(=O)N(Cc3ccccc3F)C2=O)cc(Cl)c1OC(C)C. The van der Waals surface area contributed by atoms with E-state index >= 15 is 0 Å². The second-order valence-electron chi connectivity index (χ2n) is 7.01. The number of rotatable bonds is 8. The maximum atomic E-state index is 13.9. The number of carbonyl (C=O) groups excluding carboxylic acids is 2. The predicted octanol–water partition coefficient (Wildman–Crippen LogP) is 4.81. The summed E-state index contributed by atoms with van der Waals surface area (Å²) < 4.78 is 25.3. The second-order valence-corrected chi connectivity index (χ2v) is 7.41. The summed E-state index contributed by atoms with van der Waals surface area (Å²) in [5, 5.41) is 0.338. The molecule has 158 valence electrons. The van der Waals surface area contributed by atoms with Crippen molar-refractivity contribution in [3.05, 3.63) is 58.4 Å². The molecule has 0 bridgehead atoms. The molecule has 0 N–H and O–H groups in total. The summed E-state index contributed by atoms with van der Waals surface area (Å²) in [6, 6.07) is 8.64. The number of amides is 3. The summed E-state index contributed by atoms with van der Waals surface area (Å²) in [5.74, 6) is -0.163. The van der Waals surface area contributed by atoms with E-state index in [2.05, 4.69) is 4.99 Å². The maximum Gasteiger partial charge on any atom is 0.351 e. The van der Waals surface area contributed by atoms with E-state index in [-0.39, 0.29) is 30.3 Å². The first kappa shape index (κ1) is 21.8. The van der Waals surface area contributed by atoms with Crippen molar-refractivity contribution in [3.8, 4) is 11.5 Å². The minimum absolute atomic E-state index is 0.0624. The molecule has 0 unspecified atom stereocenters. The van der Waals surface area contributed by atoms with Crippen molar-refractivity contribution in [1.82, 2.24) is 4.90 Å². The van der Waals surface area contributed by atoms with Crippen LogP contribution in [0.2, 0.25) is 5.02 Å². The molecular formula is C22H22ClFN2O4. The van der Waals surface area contributed by atoms with E-state index in [9.17, 15) is 14.0 Å². The fraction of sp³-hybridized carbons (Fsp3) is 0.318. The van der Waals surface area contributed by atoms with Gasteiger partial charge >= 0.3 is 6.03 Å². The van der Waals surface area contributed by atoms with Crippen LogP contribution in [0.3, 0.4) is 0 Å². The van der Waals surface area contributed by atoms with Gasteiger partial charge in [-0.05, 0) is 44.5 Å². The fourth-order valence-electron chi connectivity index (χ4n) is 3.05. The van der Waals surface area contributed by atoms with Crippen LogP contribution in [-0.4, -0.2) is 35.3 Å². The minimum Gasteiger partial charge on any atom is -0.490 e. The summed E-state index contributed by atoms with van der Waals surface area (Å²) in [6.45, 7) is 5.82. The molecule has 0 saturated carbocycles. The summed E-state index contributed by atoms with van der Waals surface area (Å²) >= 11 is 6.37. The van der Waals surface area contributed by atoms with Crippen LogP contribution in [0.15, 0.2) is 41.4 Å². The molecular weight excluding hydrogens is 411 g/mol. The highest BCUT2D eigenvalue weighted by molar-refractivity contribution is 6.46. The average Bonchev–Trinajstić information content (AvgIpc) is 2.93. The van der Waals surface area contributed by atoms with Crippen molar-refractivity contribution >= 4 is 29.3 Å². The quantitative estimate of drug-likeness (QED) is 0.600. The molecule has 0 aliphatic carbocycles. The van der Waals surface area contributed by atoms with Gasteiger partial charge in [-0.3, -0.25) is 9.69 Å². The average molecular weight is 433 g/mol. The number of hydrogen-bond acceptors (Lipinski definition) is 4. The molecule has 0 saturated heterocycles. The molecule has 0 aromatic heterocycles. The van der Waals surface area contributed by atoms with E-state index in [4.69, 9.17) is 21.1 Å². The molecule has 0 atom stereocenters. The molecule has 0 fully saturated rings. The third kappa shape index (κ3) is 4.79. The van der Waals surface area contributed by atoms with Crippen LogP contribution in [0.5, 0.6) is 11.5 Å². The van der Waals surface area contributed by atoms with Gasteiger partial charge in [0, 0.05) is 12.0 Å². The minimum atomic E-state index is -0.714. The lowest BCUT2D eigenvalue weighted by molar-refractivity contribution is -0.121. The molecule has 2 aromatic rings. The monoisotopic (exact) mass is 432 g/mol. The van der Waals surface area contributed by atoms with Gasteiger partial charge in [0.2, 0.25) is 0 Å². The van der Waals surface area contributed by atoms with Crippen molar-refractivity contribution in [1.29, 1.82) is 0 Å². The van der Waals surface area contributed by atoms with Gasteiger partial charge in [0.25, 0.3) is 5.91 Å². The highest BCUT2D eigenvalue weighted by Crippen LogP contribution is 2.37. The third-order valence-electron chi connectivity index (χ3n) is 4.33. The molecule has 1 heterocycles. The summed E-state index contributed by atoms with van der Waals surface area (Å²) in [4.78, 5) is 29.7. The summed E-state index contributed by atoms with van der Waals surface area (Å²) in [7, 11) is 0. The van der Waals surface area contributed by atoms with Gasteiger partial charge in [0.05, 0.1) is 24.3 Å². The Labute approximate surface area is 179 Å². The van der Waals surface area contributed by atoms with Crippen LogP contribution in [-0.2, 0) is 17.8 Å². The van der Waals surface area contributed by atoms with Gasteiger partial charge in [0.15, 0.2) is 11.5 Å². The van der Waals surface area contributed by atoms with Crippen molar-refractivity contribution in [2.24, 2.45) is 4.99 Å². The summed E-state index contributed by atoms with van der Waals surface area (Å²) in [6.07, 6.45) is -0.0157. The first-order chi connectivity index (χ1) is 14.3. The largest absolute Gasteiger partial charge is 0.490 e. The lowest BCUT2D eigenvalue weighted by Crippen LogP contribution is -2.33. The maximum absolute atomic E-state index is 13.9. The molecule has 1 aliphatic rings. The normalized spacial score (nSPS) is 13.8. The Kier molecular flexibility index (Phi) is 6.72. The van der Waals surface area contributed by atoms with Gasteiger partial charge in [-0.25, -0.2) is 9.18 Å². The topological polar surface area (TPSA) is 68.2 Å². The van der Waals surface area contributed by atoms with Crippen molar-refractivity contribution in [2.75, 3.05) is 6.61 Å². The van der Waals surface area contributed by atoms with Crippen LogP contribution in [0.1, 0.15) is 31.9 Å². The Morgan fingerprint density at radius 1 is 1.20 bits per heavy atom. The van der Waals surface area contributed by atoms with E-state index in [1.54, 1.807) is 24.3 Å². The molecule has 8 heteroatoms. The first-order valence-electron chi connectivity index (χ1n) is 9.58. The lowest BCUT2D eigenvalue weighted by atomic mass is 10.1. The van der Waals surface area contributed by atoms with Crippen LogP contribution in [0, 0.1) is 5.82 Å². The van der Waals surface area contributed by atoms with Gasteiger partial charge in [0.1, 0.15) is 11.5 Å². The Bertz CT molecular complexity index is 1010.